The lowest BCUT2D eigenvalue weighted by Crippen LogP contribution is -2.20. The highest BCUT2D eigenvalue weighted by Crippen LogP contribution is 2.10. The Hall–Kier alpha value is -0.690. The Morgan fingerprint density at radius 1 is 1.67 bits per heavy atom. The van der Waals surface area contributed by atoms with Crippen LogP contribution in [-0.2, 0) is 0 Å². The fourth-order valence-electron chi connectivity index (χ4n) is 0.872. The second-order valence-corrected chi connectivity index (χ2v) is 2.85. The van der Waals surface area contributed by atoms with Gasteiger partial charge in [-0.2, -0.15) is 5.26 Å². The zero-order valence-electron chi connectivity index (χ0n) is 6.36. The van der Waals surface area contributed by atoms with Crippen LogP contribution >= 0.6 is 24.6 Å². The van der Waals surface area contributed by atoms with Crippen LogP contribution in [0.1, 0.15) is 6.42 Å². The summed E-state index contributed by atoms with van der Waals surface area (Å²) in [5.41, 5.74) is 6.28. The summed E-state index contributed by atoms with van der Waals surface area (Å²) in [6.45, 7) is 0. The molecule has 2 N–H and O–H groups in total. The van der Waals surface area contributed by atoms with Gasteiger partial charge < -0.3 is 5.73 Å². The van der Waals surface area contributed by atoms with E-state index in [2.05, 4.69) is 0 Å². The molecule has 0 saturated carbocycles. The van der Waals surface area contributed by atoms with Crippen molar-refractivity contribution < 1.29 is 0 Å². The first kappa shape index (κ1) is 11.3. The fourth-order valence-corrected chi connectivity index (χ4v) is 1.10. The van der Waals surface area contributed by atoms with Gasteiger partial charge in [0.05, 0.1) is 6.07 Å². The van der Waals surface area contributed by atoms with E-state index in [1.807, 2.05) is 18.2 Å². The van der Waals surface area contributed by atoms with Crippen LogP contribution in [0.5, 0.6) is 0 Å². The molecule has 12 heavy (non-hydrogen) atoms. The average molecular weight is 201 g/mol. The average Bonchev–Trinajstić information content (AvgIpc) is 2.03. The van der Waals surface area contributed by atoms with Gasteiger partial charge in [0, 0.05) is 11.3 Å². The van der Waals surface area contributed by atoms with Crippen molar-refractivity contribution in [2.45, 2.75) is 12.5 Å². The number of nitrogens with two attached hydrogens (primary N) is 1. The lowest BCUT2D eigenvalue weighted by atomic mass is 10.0. The maximum Gasteiger partial charge on any atom is 0.118 e. The van der Waals surface area contributed by atoms with Crippen LogP contribution in [0.3, 0.4) is 0 Å². The molecule has 0 aromatic heterocycles. The number of hydrogen-bond donors (Lipinski definition) is 1. The van der Waals surface area contributed by atoms with Gasteiger partial charge in [0.25, 0.3) is 0 Å². The van der Waals surface area contributed by atoms with Crippen molar-refractivity contribution in [3.8, 4) is 6.07 Å². The number of halogens is 1. The minimum atomic E-state index is -0.538. The molecule has 1 aliphatic carbocycles. The highest BCUT2D eigenvalue weighted by molar-refractivity contribution is 7.80. The molecule has 0 saturated heterocycles. The first-order valence-corrected chi connectivity index (χ1v) is 3.71. The van der Waals surface area contributed by atoms with Crippen LogP contribution in [-0.4, -0.2) is 10.9 Å². The van der Waals surface area contributed by atoms with Gasteiger partial charge in [0.15, 0.2) is 0 Å². The quantitative estimate of drug-likeness (QED) is 0.653. The summed E-state index contributed by atoms with van der Waals surface area (Å²) in [4.78, 5) is 0.841. The summed E-state index contributed by atoms with van der Waals surface area (Å²) >= 11 is 4.96. The monoisotopic (exact) mass is 200 g/mol. The first-order valence-electron chi connectivity index (χ1n) is 3.30. The lowest BCUT2D eigenvalue weighted by molar-refractivity contribution is 0.990. The van der Waals surface area contributed by atoms with Crippen molar-refractivity contribution in [3.05, 3.63) is 23.8 Å². The summed E-state index contributed by atoms with van der Waals surface area (Å²) in [6, 6.07) is 1.42. The third-order valence-electron chi connectivity index (χ3n) is 1.46. The van der Waals surface area contributed by atoms with E-state index in [0.29, 0.717) is 0 Å². The van der Waals surface area contributed by atoms with Crippen molar-refractivity contribution in [2.75, 3.05) is 0 Å². The number of rotatable bonds is 1. The Kier molecular flexibility index (Phi) is 4.75. The standard InChI is InChI=1S/C8H8N2S.ClH/c9-5-8(10)6-2-1-3-7(11)4-6;/h1-2,4,8H,3,10H2;1H. The van der Waals surface area contributed by atoms with Crippen molar-refractivity contribution in [3.63, 3.8) is 0 Å². The van der Waals surface area contributed by atoms with E-state index in [0.717, 1.165) is 16.9 Å². The first-order chi connectivity index (χ1) is 5.24. The van der Waals surface area contributed by atoms with E-state index < -0.39 is 6.04 Å². The highest BCUT2D eigenvalue weighted by atomic mass is 35.5. The number of nitrogens with zero attached hydrogens (tertiary/aromatic N) is 1. The SMILES string of the molecule is Cl.N#CC(N)C1=CC(=S)CC=C1. The zero-order valence-corrected chi connectivity index (χ0v) is 7.99. The van der Waals surface area contributed by atoms with Gasteiger partial charge in [-0.25, -0.2) is 0 Å². The predicted molar refractivity (Wildman–Crippen MR) is 55.3 cm³/mol. The molecule has 0 fully saturated rings. The van der Waals surface area contributed by atoms with E-state index in [4.69, 9.17) is 23.2 Å². The van der Waals surface area contributed by atoms with Crippen LogP contribution in [0, 0.1) is 11.3 Å². The molecule has 1 atom stereocenters. The minimum absolute atomic E-state index is 0. The van der Waals surface area contributed by atoms with E-state index in [9.17, 15) is 0 Å². The molecule has 0 radical (unpaired) electrons. The molecule has 0 amide bonds. The Bertz CT molecular complexity index is 275. The Morgan fingerprint density at radius 2 is 2.33 bits per heavy atom. The molecule has 4 heteroatoms. The van der Waals surface area contributed by atoms with Gasteiger partial charge in [-0.1, -0.05) is 24.4 Å². The summed E-state index contributed by atoms with van der Waals surface area (Å²) in [7, 11) is 0. The van der Waals surface area contributed by atoms with Crippen LogP contribution in [0.2, 0.25) is 0 Å². The van der Waals surface area contributed by atoms with Gasteiger partial charge in [0.2, 0.25) is 0 Å². The number of hydrogen-bond acceptors (Lipinski definition) is 3. The summed E-state index contributed by atoms with van der Waals surface area (Å²) in [6.07, 6.45) is 6.36. The molecule has 1 aliphatic rings. The molecule has 1 unspecified atom stereocenters. The summed E-state index contributed by atoms with van der Waals surface area (Å²) in [5.74, 6) is 0. The molecule has 0 aromatic carbocycles. The highest BCUT2D eigenvalue weighted by Gasteiger charge is 2.07. The Labute approximate surface area is 83.2 Å². The Balaban J connectivity index is 0.00000121. The van der Waals surface area contributed by atoms with Gasteiger partial charge in [-0.15, -0.1) is 12.4 Å². The molecular weight excluding hydrogens is 192 g/mol. The minimum Gasteiger partial charge on any atom is -0.312 e. The molecule has 0 heterocycles. The van der Waals surface area contributed by atoms with Crippen molar-refractivity contribution in [2.24, 2.45) is 5.73 Å². The number of thiocarbonyl (C=S) groups is 1. The normalized spacial score (nSPS) is 17.3. The summed E-state index contributed by atoms with van der Waals surface area (Å²) < 4.78 is 0. The van der Waals surface area contributed by atoms with Crippen molar-refractivity contribution in [1.82, 2.24) is 0 Å². The molecule has 0 spiro atoms. The van der Waals surface area contributed by atoms with Crippen LogP contribution in [0.4, 0.5) is 0 Å². The van der Waals surface area contributed by atoms with Gasteiger partial charge in [-0.05, 0) is 11.6 Å². The van der Waals surface area contributed by atoms with Gasteiger partial charge >= 0.3 is 0 Å². The molecule has 1 rings (SSSR count). The van der Waals surface area contributed by atoms with Crippen LogP contribution in [0.15, 0.2) is 23.8 Å². The molecule has 0 bridgehead atoms. The molecule has 0 aliphatic heterocycles. The van der Waals surface area contributed by atoms with Crippen molar-refractivity contribution >= 4 is 29.5 Å². The molecule has 64 valence electrons. The smallest absolute Gasteiger partial charge is 0.118 e. The molecule has 2 nitrogen and oxygen atoms in total. The fraction of sp³-hybridized carbons (Fsp3) is 0.250. The second-order valence-electron chi connectivity index (χ2n) is 2.32. The third-order valence-corrected chi connectivity index (χ3v) is 1.74. The molecular formula is C8H9ClN2S. The maximum atomic E-state index is 8.48. The summed E-state index contributed by atoms with van der Waals surface area (Å²) in [5, 5.41) is 8.48. The molecule has 0 aromatic rings. The van der Waals surface area contributed by atoms with Gasteiger partial charge in [-0.3, -0.25) is 0 Å². The maximum absolute atomic E-state index is 8.48. The van der Waals surface area contributed by atoms with Gasteiger partial charge in [0.1, 0.15) is 6.04 Å². The number of nitriles is 1. The zero-order chi connectivity index (χ0) is 8.27. The van der Waals surface area contributed by atoms with Crippen LogP contribution in [0.25, 0.3) is 0 Å². The van der Waals surface area contributed by atoms with Crippen LogP contribution < -0.4 is 5.73 Å². The van der Waals surface area contributed by atoms with Crippen molar-refractivity contribution in [1.29, 1.82) is 5.26 Å². The van der Waals surface area contributed by atoms with E-state index >= 15 is 0 Å². The number of allylic oxidation sites excluding steroid dienone is 2. The van der Waals surface area contributed by atoms with E-state index in [1.54, 1.807) is 6.08 Å². The van der Waals surface area contributed by atoms with E-state index in [1.165, 1.54) is 0 Å². The largest absolute Gasteiger partial charge is 0.312 e. The second kappa shape index (κ2) is 5.04. The van der Waals surface area contributed by atoms with E-state index in [-0.39, 0.29) is 12.4 Å². The topological polar surface area (TPSA) is 49.8 Å². The Morgan fingerprint density at radius 3 is 2.83 bits per heavy atom. The third kappa shape index (κ3) is 2.74. The lowest BCUT2D eigenvalue weighted by Gasteiger charge is -2.08. The predicted octanol–water partition coefficient (Wildman–Crippen LogP) is 1.52.